The fourth-order valence-electron chi connectivity index (χ4n) is 3.25. The standard InChI is InChI=1S/C18H30N2/c1-14(17(13-19)20-11-5-6-12-20)15-7-9-16(10-8-15)18(2,3)4/h7-10,14,17H,5-6,11-13,19H2,1-4H3. The third-order valence-electron chi connectivity index (χ3n) is 4.73. The summed E-state index contributed by atoms with van der Waals surface area (Å²) in [6.45, 7) is 12.3. The largest absolute Gasteiger partial charge is 0.329 e. The first-order chi connectivity index (χ1) is 9.43. The molecule has 2 rings (SSSR count). The van der Waals surface area contributed by atoms with Crippen molar-refractivity contribution in [1.82, 2.24) is 4.90 Å². The summed E-state index contributed by atoms with van der Waals surface area (Å²) in [5, 5.41) is 0. The van der Waals surface area contributed by atoms with Gasteiger partial charge in [-0.05, 0) is 48.4 Å². The highest BCUT2D eigenvalue weighted by Crippen LogP contribution is 2.28. The van der Waals surface area contributed by atoms with Gasteiger partial charge in [0, 0.05) is 12.6 Å². The van der Waals surface area contributed by atoms with Gasteiger partial charge in [0.15, 0.2) is 0 Å². The number of benzene rings is 1. The van der Waals surface area contributed by atoms with E-state index in [1.165, 1.54) is 37.1 Å². The minimum Gasteiger partial charge on any atom is -0.329 e. The molecule has 20 heavy (non-hydrogen) atoms. The van der Waals surface area contributed by atoms with Crippen molar-refractivity contribution >= 4 is 0 Å². The van der Waals surface area contributed by atoms with E-state index in [1.54, 1.807) is 0 Å². The summed E-state index contributed by atoms with van der Waals surface area (Å²) in [6.07, 6.45) is 2.65. The van der Waals surface area contributed by atoms with E-state index in [4.69, 9.17) is 5.73 Å². The van der Waals surface area contributed by atoms with Gasteiger partial charge in [0.2, 0.25) is 0 Å². The second-order valence-electron chi connectivity index (χ2n) is 7.21. The summed E-state index contributed by atoms with van der Waals surface area (Å²) in [6, 6.07) is 9.64. The quantitative estimate of drug-likeness (QED) is 0.910. The molecule has 112 valence electrons. The fraction of sp³-hybridized carbons (Fsp3) is 0.667. The van der Waals surface area contributed by atoms with Gasteiger partial charge in [-0.3, -0.25) is 4.90 Å². The Morgan fingerprint density at radius 1 is 1.10 bits per heavy atom. The zero-order valence-corrected chi connectivity index (χ0v) is 13.5. The molecule has 0 bridgehead atoms. The van der Waals surface area contributed by atoms with Crippen LogP contribution >= 0.6 is 0 Å². The molecule has 0 aliphatic carbocycles. The molecule has 0 radical (unpaired) electrons. The van der Waals surface area contributed by atoms with Crippen LogP contribution in [0.25, 0.3) is 0 Å². The monoisotopic (exact) mass is 274 g/mol. The van der Waals surface area contributed by atoms with Gasteiger partial charge in [-0.15, -0.1) is 0 Å². The Hall–Kier alpha value is -0.860. The molecule has 0 saturated carbocycles. The lowest BCUT2D eigenvalue weighted by Gasteiger charge is -2.32. The van der Waals surface area contributed by atoms with Crippen LogP contribution in [0.4, 0.5) is 0 Å². The highest BCUT2D eigenvalue weighted by Gasteiger charge is 2.26. The minimum atomic E-state index is 0.226. The van der Waals surface area contributed by atoms with Gasteiger partial charge in [0.05, 0.1) is 0 Å². The van der Waals surface area contributed by atoms with Gasteiger partial charge in [0.1, 0.15) is 0 Å². The van der Waals surface area contributed by atoms with E-state index in [9.17, 15) is 0 Å². The van der Waals surface area contributed by atoms with Crippen molar-refractivity contribution in [3.05, 3.63) is 35.4 Å². The molecule has 1 aliphatic heterocycles. The SMILES string of the molecule is CC(c1ccc(C(C)(C)C)cc1)C(CN)N1CCCC1. The molecule has 0 amide bonds. The van der Waals surface area contributed by atoms with E-state index >= 15 is 0 Å². The number of nitrogens with zero attached hydrogens (tertiary/aromatic N) is 1. The topological polar surface area (TPSA) is 29.3 Å². The van der Waals surface area contributed by atoms with Crippen LogP contribution in [0.15, 0.2) is 24.3 Å². The normalized spacial score (nSPS) is 20.1. The van der Waals surface area contributed by atoms with Gasteiger partial charge < -0.3 is 5.73 Å². The Balaban J connectivity index is 2.13. The Kier molecular flexibility index (Phi) is 4.87. The maximum Gasteiger partial charge on any atom is 0.0284 e. The van der Waals surface area contributed by atoms with Crippen molar-refractivity contribution in [2.75, 3.05) is 19.6 Å². The van der Waals surface area contributed by atoms with Crippen LogP contribution in [0, 0.1) is 0 Å². The molecule has 1 heterocycles. The van der Waals surface area contributed by atoms with E-state index in [0.29, 0.717) is 12.0 Å². The molecule has 1 saturated heterocycles. The van der Waals surface area contributed by atoms with Crippen molar-refractivity contribution < 1.29 is 0 Å². The van der Waals surface area contributed by atoms with E-state index < -0.39 is 0 Å². The van der Waals surface area contributed by atoms with Crippen molar-refractivity contribution in [1.29, 1.82) is 0 Å². The van der Waals surface area contributed by atoms with Crippen LogP contribution in [-0.4, -0.2) is 30.6 Å². The van der Waals surface area contributed by atoms with Crippen LogP contribution in [0.5, 0.6) is 0 Å². The summed E-state index contributed by atoms with van der Waals surface area (Å²) < 4.78 is 0. The van der Waals surface area contributed by atoms with Crippen LogP contribution in [0.2, 0.25) is 0 Å². The van der Waals surface area contributed by atoms with Crippen molar-refractivity contribution in [3.63, 3.8) is 0 Å². The van der Waals surface area contributed by atoms with Gasteiger partial charge in [0.25, 0.3) is 0 Å². The molecular formula is C18H30N2. The lowest BCUT2D eigenvalue weighted by Crippen LogP contribution is -2.42. The van der Waals surface area contributed by atoms with Gasteiger partial charge in [-0.25, -0.2) is 0 Å². The molecule has 1 aliphatic rings. The van der Waals surface area contributed by atoms with Crippen LogP contribution in [-0.2, 0) is 5.41 Å². The van der Waals surface area contributed by atoms with E-state index in [1.807, 2.05) is 0 Å². The molecule has 0 spiro atoms. The number of hydrogen-bond acceptors (Lipinski definition) is 2. The molecule has 2 unspecified atom stereocenters. The minimum absolute atomic E-state index is 0.226. The Labute approximate surface area is 124 Å². The van der Waals surface area contributed by atoms with Crippen LogP contribution in [0.3, 0.4) is 0 Å². The second-order valence-corrected chi connectivity index (χ2v) is 7.21. The zero-order chi connectivity index (χ0) is 14.8. The first-order valence-electron chi connectivity index (χ1n) is 7.98. The summed E-state index contributed by atoms with van der Waals surface area (Å²) in [7, 11) is 0. The average Bonchev–Trinajstić information content (AvgIpc) is 2.92. The molecule has 2 heteroatoms. The Bertz CT molecular complexity index is 410. The first kappa shape index (κ1) is 15.5. The van der Waals surface area contributed by atoms with Crippen molar-refractivity contribution in [2.24, 2.45) is 5.73 Å². The Morgan fingerprint density at radius 3 is 2.10 bits per heavy atom. The summed E-state index contributed by atoms with van der Waals surface area (Å²) in [4.78, 5) is 2.57. The fourth-order valence-corrected chi connectivity index (χ4v) is 3.25. The molecule has 1 fully saturated rings. The first-order valence-corrected chi connectivity index (χ1v) is 7.98. The zero-order valence-electron chi connectivity index (χ0n) is 13.5. The molecule has 2 N–H and O–H groups in total. The number of likely N-dealkylation sites (tertiary alicyclic amines) is 1. The van der Waals surface area contributed by atoms with Crippen LogP contribution in [0.1, 0.15) is 57.6 Å². The molecule has 2 atom stereocenters. The highest BCUT2D eigenvalue weighted by molar-refractivity contribution is 5.30. The summed E-state index contributed by atoms with van der Waals surface area (Å²) >= 11 is 0. The maximum atomic E-state index is 6.05. The molecule has 0 aromatic heterocycles. The predicted molar refractivity (Wildman–Crippen MR) is 87.2 cm³/mol. The van der Waals surface area contributed by atoms with Gasteiger partial charge in [-0.1, -0.05) is 52.0 Å². The number of hydrogen-bond donors (Lipinski definition) is 1. The van der Waals surface area contributed by atoms with Gasteiger partial charge >= 0.3 is 0 Å². The summed E-state index contributed by atoms with van der Waals surface area (Å²) in [5.74, 6) is 0.507. The molecular weight excluding hydrogens is 244 g/mol. The Morgan fingerprint density at radius 2 is 1.65 bits per heavy atom. The summed E-state index contributed by atoms with van der Waals surface area (Å²) in [5.41, 5.74) is 9.09. The van der Waals surface area contributed by atoms with Crippen LogP contribution < -0.4 is 5.73 Å². The molecule has 1 aromatic carbocycles. The highest BCUT2D eigenvalue weighted by atomic mass is 15.2. The smallest absolute Gasteiger partial charge is 0.0284 e. The molecule has 1 aromatic rings. The molecule has 2 nitrogen and oxygen atoms in total. The number of rotatable bonds is 4. The van der Waals surface area contributed by atoms with Crippen molar-refractivity contribution in [3.8, 4) is 0 Å². The second kappa shape index (κ2) is 6.28. The number of nitrogens with two attached hydrogens (primary N) is 1. The third kappa shape index (κ3) is 3.42. The lowest BCUT2D eigenvalue weighted by molar-refractivity contribution is 0.221. The van der Waals surface area contributed by atoms with E-state index in [2.05, 4.69) is 56.9 Å². The lowest BCUT2D eigenvalue weighted by atomic mass is 9.84. The maximum absolute atomic E-state index is 6.05. The van der Waals surface area contributed by atoms with E-state index in [0.717, 1.165) is 6.54 Å². The third-order valence-corrected chi connectivity index (χ3v) is 4.73. The average molecular weight is 274 g/mol. The van der Waals surface area contributed by atoms with Crippen molar-refractivity contribution in [2.45, 2.75) is 57.9 Å². The predicted octanol–water partition coefficient (Wildman–Crippen LogP) is 3.51. The van der Waals surface area contributed by atoms with Gasteiger partial charge in [-0.2, -0.15) is 0 Å². The van der Waals surface area contributed by atoms with E-state index in [-0.39, 0.29) is 5.41 Å².